The summed E-state index contributed by atoms with van der Waals surface area (Å²) in [7, 11) is 0. The van der Waals surface area contributed by atoms with Gasteiger partial charge in [-0.3, -0.25) is 4.98 Å². The third-order valence-electron chi connectivity index (χ3n) is 2.39. The summed E-state index contributed by atoms with van der Waals surface area (Å²) in [4.78, 5) is 4.36. The first-order valence-electron chi connectivity index (χ1n) is 5.36. The van der Waals surface area contributed by atoms with Gasteiger partial charge in [-0.15, -0.1) is 0 Å². The highest BCUT2D eigenvalue weighted by Crippen LogP contribution is 2.29. The van der Waals surface area contributed by atoms with Gasteiger partial charge in [-0.1, -0.05) is 20.8 Å². The van der Waals surface area contributed by atoms with Crippen LogP contribution in [-0.4, -0.2) is 4.98 Å². The maximum atomic E-state index is 6.15. The first-order valence-corrected chi connectivity index (χ1v) is 6.95. The van der Waals surface area contributed by atoms with Crippen molar-refractivity contribution in [1.82, 2.24) is 4.98 Å². The molecule has 0 amide bonds. The third kappa shape index (κ3) is 4.52. The number of nitrogens with zero attached hydrogens (tertiary/aromatic N) is 1. The maximum absolute atomic E-state index is 6.15. The average molecular weight is 350 g/mol. The van der Waals surface area contributed by atoms with Crippen LogP contribution in [0.4, 0.5) is 0 Å². The van der Waals surface area contributed by atoms with Crippen molar-refractivity contribution in [3.63, 3.8) is 0 Å². The Morgan fingerprint density at radius 1 is 1.38 bits per heavy atom. The van der Waals surface area contributed by atoms with Crippen LogP contribution in [0.15, 0.2) is 21.2 Å². The average Bonchev–Trinajstić information content (AvgIpc) is 2.13. The van der Waals surface area contributed by atoms with E-state index >= 15 is 0 Å². The minimum atomic E-state index is 0.00157. The van der Waals surface area contributed by atoms with Crippen LogP contribution < -0.4 is 5.73 Å². The molecule has 1 rings (SSSR count). The number of nitrogens with two attached hydrogens (primary N) is 1. The van der Waals surface area contributed by atoms with Gasteiger partial charge >= 0.3 is 0 Å². The Kier molecular flexibility index (Phi) is 4.95. The van der Waals surface area contributed by atoms with E-state index in [1.54, 1.807) is 6.20 Å². The number of halogens is 2. The molecule has 1 aromatic heterocycles. The van der Waals surface area contributed by atoms with Crippen LogP contribution in [0.25, 0.3) is 0 Å². The standard InChI is InChI=1S/C12H18Br2N2/c1-12(2,3)5-4-10(15)11-9(14)6-8(13)7-16-11/h6-7,10H,4-5,15H2,1-3H3. The molecular formula is C12H18Br2N2. The van der Waals surface area contributed by atoms with Gasteiger partial charge in [0.1, 0.15) is 0 Å². The molecule has 1 unspecified atom stereocenters. The zero-order chi connectivity index (χ0) is 12.3. The predicted molar refractivity (Wildman–Crippen MR) is 75.3 cm³/mol. The Morgan fingerprint density at radius 3 is 2.50 bits per heavy atom. The van der Waals surface area contributed by atoms with Gasteiger partial charge in [-0.2, -0.15) is 0 Å². The van der Waals surface area contributed by atoms with E-state index in [4.69, 9.17) is 5.73 Å². The molecule has 4 heteroatoms. The Morgan fingerprint density at radius 2 is 2.00 bits per heavy atom. The van der Waals surface area contributed by atoms with E-state index < -0.39 is 0 Å². The van der Waals surface area contributed by atoms with Crippen LogP contribution in [0.1, 0.15) is 45.3 Å². The lowest BCUT2D eigenvalue weighted by Crippen LogP contribution is -2.16. The normalized spacial score (nSPS) is 13.9. The second-order valence-corrected chi connectivity index (χ2v) is 7.00. The van der Waals surface area contributed by atoms with Crippen LogP contribution >= 0.6 is 31.9 Å². The van der Waals surface area contributed by atoms with Crippen LogP contribution in [0, 0.1) is 5.41 Å². The van der Waals surface area contributed by atoms with Crippen LogP contribution in [0.5, 0.6) is 0 Å². The summed E-state index contributed by atoms with van der Waals surface area (Å²) in [5.74, 6) is 0. The smallest absolute Gasteiger partial charge is 0.0713 e. The highest BCUT2D eigenvalue weighted by Gasteiger charge is 2.16. The molecule has 2 N–H and O–H groups in total. The lowest BCUT2D eigenvalue weighted by molar-refractivity contribution is 0.348. The van der Waals surface area contributed by atoms with E-state index in [-0.39, 0.29) is 6.04 Å². The minimum absolute atomic E-state index is 0.00157. The molecule has 0 saturated heterocycles. The molecule has 1 aromatic rings. The topological polar surface area (TPSA) is 38.9 Å². The van der Waals surface area contributed by atoms with Gasteiger partial charge in [0.05, 0.1) is 5.69 Å². The Hall–Kier alpha value is 0.0700. The van der Waals surface area contributed by atoms with Crippen molar-refractivity contribution >= 4 is 31.9 Å². The van der Waals surface area contributed by atoms with E-state index in [9.17, 15) is 0 Å². The fourth-order valence-electron chi connectivity index (χ4n) is 1.42. The highest BCUT2D eigenvalue weighted by atomic mass is 79.9. The number of hydrogen-bond acceptors (Lipinski definition) is 2. The molecule has 0 aliphatic carbocycles. The summed E-state index contributed by atoms with van der Waals surface area (Å²) >= 11 is 6.88. The number of rotatable bonds is 3. The molecule has 16 heavy (non-hydrogen) atoms. The number of pyridine rings is 1. The summed E-state index contributed by atoms with van der Waals surface area (Å²) < 4.78 is 1.94. The van der Waals surface area contributed by atoms with Crippen LogP contribution in [0.3, 0.4) is 0 Å². The Bertz CT molecular complexity index is 359. The first-order chi connectivity index (χ1) is 7.29. The van der Waals surface area contributed by atoms with Gasteiger partial charge in [-0.05, 0) is 56.2 Å². The van der Waals surface area contributed by atoms with Crippen molar-refractivity contribution in [3.05, 3.63) is 26.9 Å². The molecule has 2 nitrogen and oxygen atoms in total. The predicted octanol–water partition coefficient (Wildman–Crippen LogP) is 4.43. The second kappa shape index (κ2) is 5.61. The number of aromatic nitrogens is 1. The van der Waals surface area contributed by atoms with Crippen molar-refractivity contribution < 1.29 is 0 Å². The van der Waals surface area contributed by atoms with Gasteiger partial charge in [0, 0.05) is 21.2 Å². The fraction of sp³-hybridized carbons (Fsp3) is 0.583. The van der Waals surface area contributed by atoms with Crippen molar-refractivity contribution in [1.29, 1.82) is 0 Å². The molecule has 0 radical (unpaired) electrons. The molecule has 0 saturated carbocycles. The summed E-state index contributed by atoms with van der Waals surface area (Å²) in [6, 6.07) is 1.99. The van der Waals surface area contributed by atoms with Gasteiger partial charge in [-0.25, -0.2) is 0 Å². The summed E-state index contributed by atoms with van der Waals surface area (Å²) in [5.41, 5.74) is 7.40. The minimum Gasteiger partial charge on any atom is -0.323 e. The van der Waals surface area contributed by atoms with Gasteiger partial charge < -0.3 is 5.73 Å². The van der Waals surface area contributed by atoms with Gasteiger partial charge in [0.15, 0.2) is 0 Å². The second-order valence-electron chi connectivity index (χ2n) is 5.23. The first kappa shape index (κ1) is 14.1. The third-order valence-corrected chi connectivity index (χ3v) is 3.46. The largest absolute Gasteiger partial charge is 0.323 e. The maximum Gasteiger partial charge on any atom is 0.0713 e. The van der Waals surface area contributed by atoms with E-state index in [0.29, 0.717) is 5.41 Å². The van der Waals surface area contributed by atoms with E-state index in [1.807, 2.05) is 6.07 Å². The van der Waals surface area contributed by atoms with E-state index in [0.717, 1.165) is 27.5 Å². The van der Waals surface area contributed by atoms with Gasteiger partial charge in [0.25, 0.3) is 0 Å². The molecule has 1 atom stereocenters. The van der Waals surface area contributed by atoms with Crippen LogP contribution in [0.2, 0.25) is 0 Å². The molecule has 0 bridgehead atoms. The van der Waals surface area contributed by atoms with Crippen molar-refractivity contribution in [2.45, 2.75) is 39.7 Å². The van der Waals surface area contributed by atoms with Crippen molar-refractivity contribution in [2.24, 2.45) is 11.1 Å². The fourth-order valence-corrected chi connectivity index (χ4v) is 2.70. The summed E-state index contributed by atoms with van der Waals surface area (Å²) in [6.45, 7) is 6.68. The lowest BCUT2D eigenvalue weighted by Gasteiger charge is -2.21. The van der Waals surface area contributed by atoms with E-state index in [1.165, 1.54) is 0 Å². The van der Waals surface area contributed by atoms with E-state index in [2.05, 4.69) is 57.6 Å². The Labute approximate surface area is 114 Å². The molecule has 90 valence electrons. The molecule has 0 aliphatic heterocycles. The molecule has 0 fully saturated rings. The van der Waals surface area contributed by atoms with Crippen molar-refractivity contribution in [2.75, 3.05) is 0 Å². The Balaban J connectivity index is 2.70. The summed E-state index contributed by atoms with van der Waals surface area (Å²) in [6.07, 6.45) is 3.84. The monoisotopic (exact) mass is 348 g/mol. The highest BCUT2D eigenvalue weighted by molar-refractivity contribution is 9.11. The quantitative estimate of drug-likeness (QED) is 0.876. The molecule has 0 aliphatic rings. The number of hydrogen-bond donors (Lipinski definition) is 1. The molecular weight excluding hydrogens is 332 g/mol. The van der Waals surface area contributed by atoms with Crippen molar-refractivity contribution in [3.8, 4) is 0 Å². The lowest BCUT2D eigenvalue weighted by atomic mass is 9.88. The zero-order valence-corrected chi connectivity index (χ0v) is 13.1. The van der Waals surface area contributed by atoms with Crippen LogP contribution in [-0.2, 0) is 0 Å². The molecule has 1 heterocycles. The van der Waals surface area contributed by atoms with Gasteiger partial charge in [0.2, 0.25) is 0 Å². The molecule has 0 aromatic carbocycles. The summed E-state index contributed by atoms with van der Waals surface area (Å²) in [5, 5.41) is 0. The zero-order valence-electron chi connectivity index (χ0n) is 9.93. The SMILES string of the molecule is CC(C)(C)CCC(N)c1ncc(Br)cc1Br. The molecule has 0 spiro atoms.